The van der Waals surface area contributed by atoms with E-state index in [2.05, 4.69) is 19.9 Å². The molecule has 0 spiro atoms. The second kappa shape index (κ2) is 8.25. The third-order valence-electron chi connectivity index (χ3n) is 5.95. The van der Waals surface area contributed by atoms with Gasteiger partial charge in [-0.25, -0.2) is 8.89 Å². The molecule has 1 aromatic heterocycles. The van der Waals surface area contributed by atoms with Gasteiger partial charge in [0, 0.05) is 36.6 Å². The number of aromatic nitrogens is 4. The van der Waals surface area contributed by atoms with Crippen molar-refractivity contribution in [2.24, 2.45) is 16.2 Å². The molecule has 30 heavy (non-hydrogen) atoms. The highest BCUT2D eigenvalue weighted by Gasteiger charge is 2.39. The highest BCUT2D eigenvalue weighted by molar-refractivity contribution is 7.93. The number of piperidine rings is 1. The Bertz CT molecular complexity index is 1050. The Morgan fingerprint density at radius 3 is 2.60 bits per heavy atom. The number of fused-ring (bicyclic) bond motifs is 2. The second-order valence-electron chi connectivity index (χ2n) is 8.34. The summed E-state index contributed by atoms with van der Waals surface area (Å²) in [6.07, 6.45) is 2.48. The van der Waals surface area contributed by atoms with Gasteiger partial charge >= 0.3 is 0 Å². The monoisotopic (exact) mass is 430 g/mol. The van der Waals surface area contributed by atoms with E-state index in [1.165, 1.54) is 11.0 Å². The van der Waals surface area contributed by atoms with Crippen LogP contribution in [0.3, 0.4) is 0 Å². The van der Waals surface area contributed by atoms with Gasteiger partial charge in [-0.15, -0.1) is 5.10 Å². The average Bonchev–Trinajstić information content (AvgIpc) is 3.20. The van der Waals surface area contributed by atoms with Crippen LogP contribution in [0.25, 0.3) is 0 Å². The predicted molar refractivity (Wildman–Crippen MR) is 111 cm³/mol. The molecule has 2 unspecified atom stereocenters. The summed E-state index contributed by atoms with van der Waals surface area (Å²) in [5.74, 6) is 0.616. The fraction of sp³-hybridized carbons (Fsp3) is 0.550. The van der Waals surface area contributed by atoms with Crippen molar-refractivity contribution >= 4 is 21.5 Å². The van der Waals surface area contributed by atoms with Crippen LogP contribution >= 0.6 is 0 Å². The van der Waals surface area contributed by atoms with Crippen molar-refractivity contribution in [3.05, 3.63) is 41.2 Å². The Balaban J connectivity index is 1.43. The molecule has 3 heterocycles. The standard InChI is InChI=1S/C20H26N6O3S/c1-14-4-3-5-18(15(14)2)20(28)25-9-16-8-17(10-25)12-30(29,11-16)22-19(27)6-7-26-13-21-23-24-26/h3-5,13,16-17H,6-12H2,1-2H3. The van der Waals surface area contributed by atoms with Gasteiger partial charge in [-0.2, -0.15) is 4.36 Å². The van der Waals surface area contributed by atoms with Crippen LogP contribution in [0.15, 0.2) is 28.9 Å². The van der Waals surface area contributed by atoms with Gasteiger partial charge in [-0.1, -0.05) is 12.1 Å². The Morgan fingerprint density at radius 1 is 1.20 bits per heavy atom. The second-order valence-corrected chi connectivity index (χ2v) is 10.7. The maximum Gasteiger partial charge on any atom is 0.255 e. The molecule has 160 valence electrons. The van der Waals surface area contributed by atoms with Gasteiger partial charge in [0.2, 0.25) is 0 Å². The molecule has 0 aliphatic carbocycles. The van der Waals surface area contributed by atoms with Gasteiger partial charge in [0.15, 0.2) is 0 Å². The first-order valence-electron chi connectivity index (χ1n) is 10.1. The van der Waals surface area contributed by atoms with Crippen LogP contribution in [0.5, 0.6) is 0 Å². The zero-order valence-electron chi connectivity index (χ0n) is 17.2. The average molecular weight is 431 g/mol. The molecule has 9 nitrogen and oxygen atoms in total. The lowest BCUT2D eigenvalue weighted by molar-refractivity contribution is -0.117. The lowest BCUT2D eigenvalue weighted by Crippen LogP contribution is -2.51. The SMILES string of the molecule is Cc1cccc(C(=O)N2CC3CC(C2)CS(=O)(=NC(=O)CCn2cnnn2)C3)c1C. The maximum absolute atomic E-state index is 13.3. The number of likely N-dealkylation sites (tertiary alicyclic amines) is 1. The molecule has 2 fully saturated rings. The van der Waals surface area contributed by atoms with Gasteiger partial charge in [0.05, 0.1) is 16.3 Å². The Hall–Kier alpha value is -2.62. The van der Waals surface area contributed by atoms with Crippen LogP contribution in [0, 0.1) is 25.7 Å². The molecule has 2 atom stereocenters. The van der Waals surface area contributed by atoms with Crippen LogP contribution in [0.1, 0.15) is 34.3 Å². The number of hydrogen-bond donors (Lipinski definition) is 0. The van der Waals surface area contributed by atoms with Gasteiger partial charge in [0.1, 0.15) is 6.33 Å². The van der Waals surface area contributed by atoms with Crippen LogP contribution < -0.4 is 0 Å². The minimum Gasteiger partial charge on any atom is -0.338 e. The van der Waals surface area contributed by atoms with E-state index >= 15 is 0 Å². The molecule has 2 aliphatic heterocycles. The quantitative estimate of drug-likeness (QED) is 0.726. The van der Waals surface area contributed by atoms with Crippen LogP contribution in [-0.4, -0.2) is 65.7 Å². The van der Waals surface area contributed by atoms with Crippen molar-refractivity contribution in [1.29, 1.82) is 0 Å². The maximum atomic E-state index is 13.3. The molecule has 0 radical (unpaired) electrons. The number of carbonyl (C=O) groups is 2. The summed E-state index contributed by atoms with van der Waals surface area (Å²) in [6.45, 7) is 5.42. The van der Waals surface area contributed by atoms with Crippen molar-refractivity contribution in [3.63, 3.8) is 0 Å². The number of hydrogen-bond acceptors (Lipinski definition) is 6. The number of aryl methyl sites for hydroxylation is 2. The number of tetrazole rings is 1. The van der Waals surface area contributed by atoms with Crippen LogP contribution in [0.2, 0.25) is 0 Å². The molecule has 0 N–H and O–H groups in total. The topological polar surface area (TPSA) is 110 Å². The van der Waals surface area contributed by atoms with Gasteiger partial charge in [0.25, 0.3) is 11.8 Å². The number of carbonyl (C=O) groups excluding carboxylic acids is 2. The number of nitrogens with zero attached hydrogens (tertiary/aromatic N) is 6. The number of amides is 2. The molecule has 2 aliphatic rings. The molecule has 2 amide bonds. The fourth-order valence-corrected chi connectivity index (χ4v) is 7.19. The van der Waals surface area contributed by atoms with E-state index in [1.54, 1.807) is 0 Å². The summed E-state index contributed by atoms with van der Waals surface area (Å²) in [4.78, 5) is 27.3. The Labute approximate surface area is 176 Å². The lowest BCUT2D eigenvalue weighted by Gasteiger charge is -2.42. The van der Waals surface area contributed by atoms with Gasteiger partial charge < -0.3 is 4.90 Å². The highest BCUT2D eigenvalue weighted by atomic mass is 32.2. The molecule has 10 heteroatoms. The van der Waals surface area contributed by atoms with E-state index in [0.29, 0.717) is 31.1 Å². The van der Waals surface area contributed by atoms with Crippen molar-refractivity contribution in [2.75, 3.05) is 24.6 Å². The first-order chi connectivity index (χ1) is 14.3. The first-order valence-corrected chi connectivity index (χ1v) is 12.0. The van der Waals surface area contributed by atoms with E-state index in [9.17, 15) is 13.8 Å². The third-order valence-corrected chi connectivity index (χ3v) is 8.47. The van der Waals surface area contributed by atoms with Crippen molar-refractivity contribution in [1.82, 2.24) is 25.1 Å². The minimum atomic E-state index is -2.59. The summed E-state index contributed by atoms with van der Waals surface area (Å²) >= 11 is 0. The zero-order valence-corrected chi connectivity index (χ0v) is 18.0. The molecular formula is C20H26N6O3S. The largest absolute Gasteiger partial charge is 0.338 e. The van der Waals surface area contributed by atoms with Gasteiger partial charge in [-0.3, -0.25) is 9.59 Å². The fourth-order valence-electron chi connectivity index (χ4n) is 4.48. The number of rotatable bonds is 4. The van der Waals surface area contributed by atoms with E-state index in [-0.39, 0.29) is 30.1 Å². The minimum absolute atomic E-state index is 0.0359. The molecular weight excluding hydrogens is 404 g/mol. The molecule has 0 saturated carbocycles. The zero-order chi connectivity index (χ0) is 21.3. The van der Waals surface area contributed by atoms with Crippen molar-refractivity contribution in [2.45, 2.75) is 33.2 Å². The summed E-state index contributed by atoms with van der Waals surface area (Å²) in [5, 5.41) is 10.8. The van der Waals surface area contributed by atoms with Crippen LogP contribution in [0.4, 0.5) is 0 Å². The van der Waals surface area contributed by atoms with Gasteiger partial charge in [-0.05, 0) is 59.7 Å². The van der Waals surface area contributed by atoms with Crippen molar-refractivity contribution < 1.29 is 13.8 Å². The number of benzene rings is 1. The smallest absolute Gasteiger partial charge is 0.255 e. The predicted octanol–water partition coefficient (Wildman–Crippen LogP) is 1.47. The summed E-state index contributed by atoms with van der Waals surface area (Å²) in [6, 6.07) is 5.79. The lowest BCUT2D eigenvalue weighted by atomic mass is 9.90. The normalized spacial score (nSPS) is 25.7. The molecule has 2 aromatic rings. The van der Waals surface area contributed by atoms with Crippen LogP contribution in [-0.2, 0) is 21.1 Å². The summed E-state index contributed by atoms with van der Waals surface area (Å²) in [5.41, 5.74) is 2.84. The van der Waals surface area contributed by atoms with E-state index in [0.717, 1.165) is 23.1 Å². The summed E-state index contributed by atoms with van der Waals surface area (Å²) < 4.78 is 18.9. The molecule has 2 bridgehead atoms. The molecule has 1 aromatic carbocycles. The molecule has 4 rings (SSSR count). The first kappa shape index (κ1) is 20.6. The highest BCUT2D eigenvalue weighted by Crippen LogP contribution is 2.32. The molecule has 2 saturated heterocycles. The Morgan fingerprint density at radius 2 is 1.93 bits per heavy atom. The van der Waals surface area contributed by atoms with E-state index < -0.39 is 9.73 Å². The van der Waals surface area contributed by atoms with E-state index in [4.69, 9.17) is 0 Å². The summed E-state index contributed by atoms with van der Waals surface area (Å²) in [7, 11) is -2.59. The third kappa shape index (κ3) is 4.43. The Kier molecular flexibility index (Phi) is 5.68. The van der Waals surface area contributed by atoms with Crippen molar-refractivity contribution in [3.8, 4) is 0 Å². The van der Waals surface area contributed by atoms with E-state index in [1.807, 2.05) is 36.9 Å².